The molecule has 2 heterocycles. The maximum Gasteiger partial charge on any atom is 0.312 e. The molecule has 0 bridgehead atoms. The highest BCUT2D eigenvalue weighted by atomic mass is 79.9. The van der Waals surface area contributed by atoms with Gasteiger partial charge in [0.1, 0.15) is 5.92 Å². The lowest BCUT2D eigenvalue weighted by Crippen LogP contribution is -2.31. The second kappa shape index (κ2) is 5.29. The first-order valence-electron chi connectivity index (χ1n) is 6.32. The van der Waals surface area contributed by atoms with Gasteiger partial charge in [0.05, 0.1) is 5.56 Å². The first kappa shape index (κ1) is 13.8. The number of carbonyl (C=O) groups is 2. The maximum atomic E-state index is 12.6. The van der Waals surface area contributed by atoms with Crippen molar-refractivity contribution in [3.63, 3.8) is 0 Å². The van der Waals surface area contributed by atoms with Crippen LogP contribution in [0.4, 0.5) is 5.69 Å². The summed E-state index contributed by atoms with van der Waals surface area (Å²) in [6.07, 6.45) is 3.07. The average molecular weight is 347 g/mol. The third-order valence-corrected chi connectivity index (χ3v) is 3.90. The number of fused-ring (bicyclic) bond motifs is 1. The predicted octanol–water partition coefficient (Wildman–Crippen LogP) is 2.67. The monoisotopic (exact) mass is 346 g/mol. The van der Waals surface area contributed by atoms with Gasteiger partial charge in [-0.2, -0.15) is 0 Å². The number of carbonyl (C=O) groups excluding carboxylic acids is 1. The number of aromatic nitrogens is 1. The summed E-state index contributed by atoms with van der Waals surface area (Å²) >= 11 is 3.28. The van der Waals surface area contributed by atoms with E-state index in [1.54, 1.807) is 36.5 Å². The lowest BCUT2D eigenvalue weighted by molar-refractivity contribution is -0.138. The highest BCUT2D eigenvalue weighted by Gasteiger charge is 2.36. The number of hydrogen-bond donors (Lipinski definition) is 1. The fourth-order valence-corrected chi connectivity index (χ4v) is 2.86. The third kappa shape index (κ3) is 2.42. The van der Waals surface area contributed by atoms with Gasteiger partial charge in [0.15, 0.2) is 0 Å². The number of amides is 1. The number of carboxylic acid groups (broad SMARTS) is 1. The van der Waals surface area contributed by atoms with Crippen LogP contribution in [0.3, 0.4) is 0 Å². The molecule has 0 saturated heterocycles. The molecule has 0 fully saturated rings. The van der Waals surface area contributed by atoms with Gasteiger partial charge in [-0.1, -0.05) is 18.2 Å². The molecule has 1 amide bonds. The molecule has 1 aromatic heterocycles. The van der Waals surface area contributed by atoms with E-state index in [0.29, 0.717) is 21.3 Å². The molecule has 1 unspecified atom stereocenters. The van der Waals surface area contributed by atoms with Gasteiger partial charge in [0.2, 0.25) is 0 Å². The Kier molecular flexibility index (Phi) is 3.47. The molecule has 1 atom stereocenters. The SMILES string of the molecule is O=C(O)C1CN(C(=O)c2cncc(Br)c2)c2ccccc21. The van der Waals surface area contributed by atoms with Gasteiger partial charge in [0.25, 0.3) is 5.91 Å². The molecule has 21 heavy (non-hydrogen) atoms. The number of nitrogens with zero attached hydrogens (tertiary/aromatic N) is 2. The van der Waals surface area contributed by atoms with E-state index in [4.69, 9.17) is 0 Å². The molecule has 1 aliphatic heterocycles. The lowest BCUT2D eigenvalue weighted by atomic mass is 10.0. The first-order valence-corrected chi connectivity index (χ1v) is 7.11. The van der Waals surface area contributed by atoms with Crippen molar-refractivity contribution in [2.45, 2.75) is 5.92 Å². The Balaban J connectivity index is 2.01. The summed E-state index contributed by atoms with van der Waals surface area (Å²) in [5.74, 6) is -1.87. The third-order valence-electron chi connectivity index (χ3n) is 3.46. The first-order chi connectivity index (χ1) is 10.1. The average Bonchev–Trinajstić information content (AvgIpc) is 2.86. The Labute approximate surface area is 129 Å². The van der Waals surface area contributed by atoms with Gasteiger partial charge in [0, 0.05) is 29.1 Å². The molecule has 0 radical (unpaired) electrons. The van der Waals surface area contributed by atoms with Crippen molar-refractivity contribution in [3.05, 3.63) is 58.3 Å². The van der Waals surface area contributed by atoms with Crippen LogP contribution < -0.4 is 4.90 Å². The van der Waals surface area contributed by atoms with Crippen molar-refractivity contribution >= 4 is 33.5 Å². The molecule has 1 aliphatic rings. The van der Waals surface area contributed by atoms with Crippen molar-refractivity contribution in [3.8, 4) is 0 Å². The largest absolute Gasteiger partial charge is 0.481 e. The standard InChI is InChI=1S/C15H11BrN2O3/c16-10-5-9(6-17-7-10)14(19)18-8-12(15(20)21)11-3-1-2-4-13(11)18/h1-7,12H,8H2,(H,20,21). The van der Waals surface area contributed by atoms with Gasteiger partial charge in [-0.3, -0.25) is 14.6 Å². The van der Waals surface area contributed by atoms with Gasteiger partial charge in [-0.05, 0) is 33.6 Å². The minimum Gasteiger partial charge on any atom is -0.481 e. The van der Waals surface area contributed by atoms with Gasteiger partial charge in [-0.25, -0.2) is 0 Å². The molecule has 1 N–H and O–H groups in total. The van der Waals surface area contributed by atoms with E-state index in [9.17, 15) is 14.7 Å². The summed E-state index contributed by atoms with van der Waals surface area (Å²) < 4.78 is 0.704. The summed E-state index contributed by atoms with van der Waals surface area (Å²) in [5.41, 5.74) is 1.74. The van der Waals surface area contributed by atoms with Crippen LogP contribution in [-0.2, 0) is 4.79 Å². The Morgan fingerprint density at radius 2 is 2.05 bits per heavy atom. The topological polar surface area (TPSA) is 70.5 Å². The normalized spacial score (nSPS) is 16.6. The van der Waals surface area contributed by atoms with E-state index in [0.717, 1.165) is 0 Å². The summed E-state index contributed by atoms with van der Waals surface area (Å²) in [7, 11) is 0. The number of halogens is 1. The number of hydrogen-bond acceptors (Lipinski definition) is 3. The predicted molar refractivity (Wildman–Crippen MR) is 80.4 cm³/mol. The summed E-state index contributed by atoms with van der Waals surface area (Å²) in [5, 5.41) is 9.32. The van der Waals surface area contributed by atoms with Crippen molar-refractivity contribution in [2.75, 3.05) is 11.4 Å². The number of pyridine rings is 1. The van der Waals surface area contributed by atoms with E-state index in [2.05, 4.69) is 20.9 Å². The molecular weight excluding hydrogens is 336 g/mol. The van der Waals surface area contributed by atoms with E-state index in [1.807, 2.05) is 0 Å². The highest BCUT2D eigenvalue weighted by Crippen LogP contribution is 2.37. The smallest absolute Gasteiger partial charge is 0.312 e. The number of benzene rings is 1. The quantitative estimate of drug-likeness (QED) is 0.907. The van der Waals surface area contributed by atoms with Crippen molar-refractivity contribution < 1.29 is 14.7 Å². The summed E-state index contributed by atoms with van der Waals surface area (Å²) in [4.78, 5) is 29.4. The van der Waals surface area contributed by atoms with E-state index >= 15 is 0 Å². The van der Waals surface area contributed by atoms with Crippen LogP contribution in [0.5, 0.6) is 0 Å². The molecular formula is C15H11BrN2O3. The molecule has 5 nitrogen and oxygen atoms in total. The van der Waals surface area contributed by atoms with Gasteiger partial charge >= 0.3 is 5.97 Å². The van der Waals surface area contributed by atoms with E-state index < -0.39 is 11.9 Å². The van der Waals surface area contributed by atoms with E-state index in [-0.39, 0.29) is 12.5 Å². The molecule has 0 spiro atoms. The van der Waals surface area contributed by atoms with Gasteiger partial charge in [-0.15, -0.1) is 0 Å². The second-order valence-electron chi connectivity index (χ2n) is 4.76. The number of carboxylic acids is 1. The Morgan fingerprint density at radius 1 is 1.29 bits per heavy atom. The Morgan fingerprint density at radius 3 is 2.76 bits per heavy atom. The van der Waals surface area contributed by atoms with Crippen LogP contribution >= 0.6 is 15.9 Å². The lowest BCUT2D eigenvalue weighted by Gasteiger charge is -2.17. The van der Waals surface area contributed by atoms with E-state index in [1.165, 1.54) is 11.1 Å². The minimum atomic E-state index is -0.926. The van der Waals surface area contributed by atoms with Crippen LogP contribution in [0.25, 0.3) is 0 Å². The maximum absolute atomic E-state index is 12.6. The molecule has 3 rings (SSSR count). The molecule has 1 aromatic carbocycles. The summed E-state index contributed by atoms with van der Waals surface area (Å²) in [6, 6.07) is 8.76. The minimum absolute atomic E-state index is 0.139. The fourth-order valence-electron chi connectivity index (χ4n) is 2.50. The number of para-hydroxylation sites is 1. The summed E-state index contributed by atoms with van der Waals surface area (Å²) in [6.45, 7) is 0.139. The zero-order chi connectivity index (χ0) is 15.0. The van der Waals surface area contributed by atoms with Crippen LogP contribution in [0.15, 0.2) is 47.2 Å². The van der Waals surface area contributed by atoms with Gasteiger partial charge < -0.3 is 10.0 Å². The highest BCUT2D eigenvalue weighted by molar-refractivity contribution is 9.10. The zero-order valence-corrected chi connectivity index (χ0v) is 12.4. The molecule has 0 aliphatic carbocycles. The Hall–Kier alpha value is -2.21. The van der Waals surface area contributed by atoms with Crippen molar-refractivity contribution in [1.82, 2.24) is 4.98 Å². The van der Waals surface area contributed by atoms with Crippen molar-refractivity contribution in [2.24, 2.45) is 0 Å². The van der Waals surface area contributed by atoms with Crippen LogP contribution in [0.1, 0.15) is 21.8 Å². The van der Waals surface area contributed by atoms with Crippen LogP contribution in [0, 0.1) is 0 Å². The molecule has 106 valence electrons. The fraction of sp³-hybridized carbons (Fsp3) is 0.133. The Bertz CT molecular complexity index is 732. The number of anilines is 1. The van der Waals surface area contributed by atoms with Crippen LogP contribution in [0.2, 0.25) is 0 Å². The van der Waals surface area contributed by atoms with Crippen molar-refractivity contribution in [1.29, 1.82) is 0 Å². The zero-order valence-electron chi connectivity index (χ0n) is 10.9. The molecule has 6 heteroatoms. The number of rotatable bonds is 2. The van der Waals surface area contributed by atoms with Crippen LogP contribution in [-0.4, -0.2) is 28.5 Å². The molecule has 0 saturated carbocycles. The molecule has 2 aromatic rings. The number of aliphatic carboxylic acids is 1. The second-order valence-corrected chi connectivity index (χ2v) is 5.67.